The molecule has 0 unspecified atom stereocenters. The van der Waals surface area contributed by atoms with Crippen LogP contribution >= 0.6 is 11.3 Å². The maximum atomic E-state index is 12.5. The van der Waals surface area contributed by atoms with Gasteiger partial charge in [-0.25, -0.2) is 4.98 Å². The molecule has 6 heteroatoms. The number of hydrogen-bond donors (Lipinski definition) is 1. The lowest BCUT2D eigenvalue weighted by Crippen LogP contribution is -2.35. The molecule has 2 heterocycles. The Morgan fingerprint density at radius 3 is 2.71 bits per heavy atom. The van der Waals surface area contributed by atoms with Gasteiger partial charge in [0.25, 0.3) is 5.91 Å². The van der Waals surface area contributed by atoms with Crippen LogP contribution in [-0.2, 0) is 4.79 Å². The van der Waals surface area contributed by atoms with Crippen LogP contribution in [0.3, 0.4) is 0 Å². The van der Waals surface area contributed by atoms with Crippen LogP contribution in [0.1, 0.15) is 36.5 Å². The third-order valence-corrected chi connectivity index (χ3v) is 4.50. The molecule has 5 nitrogen and oxygen atoms in total. The number of fused-ring (bicyclic) bond motifs is 1. The molecule has 110 valence electrons. The molecule has 0 bridgehead atoms. The summed E-state index contributed by atoms with van der Waals surface area (Å²) in [7, 11) is 0. The highest BCUT2D eigenvalue weighted by Crippen LogP contribution is 2.27. The first-order chi connectivity index (χ1) is 10.1. The number of hydrogen-bond acceptors (Lipinski definition) is 4. The van der Waals surface area contributed by atoms with Gasteiger partial charge in [-0.1, -0.05) is 11.3 Å². The first-order valence-electron chi connectivity index (χ1n) is 7.11. The van der Waals surface area contributed by atoms with E-state index in [1.807, 2.05) is 23.1 Å². The maximum absolute atomic E-state index is 12.5. The highest BCUT2D eigenvalue weighted by molar-refractivity contribution is 7.22. The predicted octanol–water partition coefficient (Wildman–Crippen LogP) is 2.88. The molecule has 1 N–H and O–H groups in total. The molecule has 21 heavy (non-hydrogen) atoms. The summed E-state index contributed by atoms with van der Waals surface area (Å²) in [6.45, 7) is 3.14. The van der Waals surface area contributed by atoms with Crippen molar-refractivity contribution in [3.05, 3.63) is 23.8 Å². The second-order valence-electron chi connectivity index (χ2n) is 5.24. The van der Waals surface area contributed by atoms with Crippen molar-refractivity contribution >= 4 is 38.5 Å². The average Bonchev–Trinajstić information content (AvgIpc) is 2.87. The summed E-state index contributed by atoms with van der Waals surface area (Å²) >= 11 is 1.39. The molecule has 0 spiro atoms. The lowest BCUT2D eigenvalue weighted by molar-refractivity contribution is -0.114. The molecular formula is C15H17N3O2S. The summed E-state index contributed by atoms with van der Waals surface area (Å²) in [4.78, 5) is 29.8. The summed E-state index contributed by atoms with van der Waals surface area (Å²) in [5, 5.41) is 3.25. The average molecular weight is 303 g/mol. The number of likely N-dealkylation sites (tertiary alicyclic amines) is 1. The van der Waals surface area contributed by atoms with Crippen molar-refractivity contribution in [2.24, 2.45) is 0 Å². The molecule has 0 saturated carbocycles. The number of anilines is 1. The third-order valence-electron chi connectivity index (χ3n) is 3.56. The Morgan fingerprint density at radius 1 is 1.24 bits per heavy atom. The molecule has 1 saturated heterocycles. The smallest absolute Gasteiger partial charge is 0.253 e. The molecule has 0 radical (unpaired) electrons. The van der Waals surface area contributed by atoms with E-state index in [0.717, 1.165) is 36.1 Å². The number of carbonyl (C=O) groups excluding carboxylic acids is 2. The number of thiazole rings is 1. The van der Waals surface area contributed by atoms with Gasteiger partial charge in [0.05, 0.1) is 10.2 Å². The first-order valence-corrected chi connectivity index (χ1v) is 7.92. The highest BCUT2D eigenvalue weighted by Gasteiger charge is 2.18. The number of benzene rings is 1. The van der Waals surface area contributed by atoms with Gasteiger partial charge in [-0.15, -0.1) is 0 Å². The third kappa shape index (κ3) is 3.05. The van der Waals surface area contributed by atoms with E-state index in [2.05, 4.69) is 10.3 Å². The van der Waals surface area contributed by atoms with E-state index in [4.69, 9.17) is 0 Å². The Hall–Kier alpha value is -1.95. The lowest BCUT2D eigenvalue weighted by atomic mass is 10.1. The van der Waals surface area contributed by atoms with Crippen molar-refractivity contribution in [2.45, 2.75) is 26.2 Å². The molecule has 1 aromatic carbocycles. The fourth-order valence-corrected chi connectivity index (χ4v) is 3.49. The Kier molecular flexibility index (Phi) is 3.88. The minimum Gasteiger partial charge on any atom is -0.339 e. The molecule has 2 amide bonds. The van der Waals surface area contributed by atoms with Crippen LogP contribution in [-0.4, -0.2) is 34.8 Å². The minimum absolute atomic E-state index is 0.0890. The van der Waals surface area contributed by atoms with E-state index in [1.165, 1.54) is 24.7 Å². The Labute approximate surface area is 127 Å². The zero-order valence-corrected chi connectivity index (χ0v) is 12.7. The van der Waals surface area contributed by atoms with Gasteiger partial charge < -0.3 is 10.2 Å². The standard InChI is InChI=1S/C15H17N3O2S/c1-10(19)16-15-17-12-6-5-11(9-13(12)21-15)14(20)18-7-3-2-4-8-18/h5-6,9H,2-4,7-8H2,1H3,(H,16,17,19). The normalized spacial score (nSPS) is 15.2. The molecule has 1 aromatic heterocycles. The van der Waals surface area contributed by atoms with Crippen LogP contribution < -0.4 is 5.32 Å². The van der Waals surface area contributed by atoms with Gasteiger partial charge in [0.1, 0.15) is 0 Å². The molecule has 0 aliphatic carbocycles. The molecule has 1 aliphatic heterocycles. The highest BCUT2D eigenvalue weighted by atomic mass is 32.1. The molecule has 3 rings (SSSR count). The summed E-state index contributed by atoms with van der Waals surface area (Å²) in [5.41, 5.74) is 1.50. The topological polar surface area (TPSA) is 62.3 Å². The second kappa shape index (κ2) is 5.81. The summed E-state index contributed by atoms with van der Waals surface area (Å²) in [6.07, 6.45) is 3.38. The van der Waals surface area contributed by atoms with Crippen molar-refractivity contribution in [3.63, 3.8) is 0 Å². The number of carbonyl (C=O) groups is 2. The number of amides is 2. The van der Waals surface area contributed by atoms with Gasteiger partial charge in [0.15, 0.2) is 5.13 Å². The fourth-order valence-electron chi connectivity index (χ4n) is 2.54. The van der Waals surface area contributed by atoms with Gasteiger partial charge in [0.2, 0.25) is 5.91 Å². The molecule has 1 fully saturated rings. The fraction of sp³-hybridized carbons (Fsp3) is 0.400. The summed E-state index contributed by atoms with van der Waals surface area (Å²) in [5.74, 6) is -0.0512. The van der Waals surface area contributed by atoms with E-state index in [1.54, 1.807) is 0 Å². The van der Waals surface area contributed by atoms with Gasteiger partial charge in [-0.3, -0.25) is 9.59 Å². The predicted molar refractivity (Wildman–Crippen MR) is 83.7 cm³/mol. The maximum Gasteiger partial charge on any atom is 0.253 e. The van der Waals surface area contributed by atoms with Crippen LogP contribution in [0.15, 0.2) is 18.2 Å². The summed E-state index contributed by atoms with van der Waals surface area (Å²) in [6, 6.07) is 5.53. The molecular weight excluding hydrogens is 286 g/mol. The van der Waals surface area contributed by atoms with E-state index in [-0.39, 0.29) is 11.8 Å². The zero-order valence-electron chi connectivity index (χ0n) is 11.9. The first kappa shape index (κ1) is 14.0. The monoisotopic (exact) mass is 303 g/mol. The van der Waals surface area contributed by atoms with Crippen LogP contribution in [0.2, 0.25) is 0 Å². The largest absolute Gasteiger partial charge is 0.339 e. The van der Waals surface area contributed by atoms with Crippen molar-refractivity contribution in [3.8, 4) is 0 Å². The van der Waals surface area contributed by atoms with Gasteiger partial charge in [0, 0.05) is 25.6 Å². The Balaban J connectivity index is 1.85. The van der Waals surface area contributed by atoms with E-state index < -0.39 is 0 Å². The number of piperidine rings is 1. The van der Waals surface area contributed by atoms with Crippen molar-refractivity contribution < 1.29 is 9.59 Å². The van der Waals surface area contributed by atoms with Crippen molar-refractivity contribution in [1.29, 1.82) is 0 Å². The molecule has 1 aliphatic rings. The van der Waals surface area contributed by atoms with Gasteiger partial charge >= 0.3 is 0 Å². The number of rotatable bonds is 2. The number of nitrogens with one attached hydrogen (secondary N) is 1. The van der Waals surface area contributed by atoms with Crippen LogP contribution in [0.25, 0.3) is 10.2 Å². The van der Waals surface area contributed by atoms with E-state index >= 15 is 0 Å². The Morgan fingerprint density at radius 2 is 2.00 bits per heavy atom. The number of nitrogens with zero attached hydrogens (tertiary/aromatic N) is 2. The Bertz CT molecular complexity index is 689. The van der Waals surface area contributed by atoms with Crippen molar-refractivity contribution in [2.75, 3.05) is 18.4 Å². The van der Waals surface area contributed by atoms with Crippen molar-refractivity contribution in [1.82, 2.24) is 9.88 Å². The van der Waals surface area contributed by atoms with Gasteiger partial charge in [-0.05, 0) is 37.5 Å². The quantitative estimate of drug-likeness (QED) is 0.928. The van der Waals surface area contributed by atoms with Crippen LogP contribution in [0.4, 0.5) is 5.13 Å². The molecule has 0 atom stereocenters. The van der Waals surface area contributed by atoms with Crippen LogP contribution in [0, 0.1) is 0 Å². The summed E-state index contributed by atoms with van der Waals surface area (Å²) < 4.78 is 0.918. The minimum atomic E-state index is -0.140. The van der Waals surface area contributed by atoms with Crippen LogP contribution in [0.5, 0.6) is 0 Å². The SMILES string of the molecule is CC(=O)Nc1nc2ccc(C(=O)N3CCCCC3)cc2s1. The molecule has 2 aromatic rings. The van der Waals surface area contributed by atoms with E-state index in [0.29, 0.717) is 10.7 Å². The number of aromatic nitrogens is 1. The zero-order chi connectivity index (χ0) is 14.8. The second-order valence-corrected chi connectivity index (χ2v) is 6.27. The van der Waals surface area contributed by atoms with E-state index in [9.17, 15) is 9.59 Å². The van der Waals surface area contributed by atoms with Gasteiger partial charge in [-0.2, -0.15) is 0 Å². The lowest BCUT2D eigenvalue weighted by Gasteiger charge is -2.26.